The number of nitrogens with zero attached hydrogens (tertiary/aromatic N) is 3. The summed E-state index contributed by atoms with van der Waals surface area (Å²) < 4.78 is 1.86. The topological polar surface area (TPSA) is 49.6 Å². The maximum atomic E-state index is 12.4. The van der Waals surface area contributed by atoms with E-state index in [1.165, 1.54) is 0 Å². The van der Waals surface area contributed by atoms with Crippen molar-refractivity contribution in [3.63, 3.8) is 0 Å². The molecule has 5 nitrogen and oxygen atoms in total. The Balaban J connectivity index is 1.93. The van der Waals surface area contributed by atoms with Crippen LogP contribution in [0.1, 0.15) is 17.4 Å². The number of piperazine rings is 1. The third-order valence-corrected chi connectivity index (χ3v) is 4.02. The molecular formula is C11H14N4OS. The Kier molecular flexibility index (Phi) is 2.60. The predicted octanol–water partition coefficient (Wildman–Crippen LogP) is 0.830. The van der Waals surface area contributed by atoms with Crippen LogP contribution in [0, 0.1) is 0 Å². The molecule has 2 aromatic heterocycles. The van der Waals surface area contributed by atoms with E-state index < -0.39 is 0 Å². The van der Waals surface area contributed by atoms with Crippen molar-refractivity contribution in [2.75, 3.05) is 19.6 Å². The summed E-state index contributed by atoms with van der Waals surface area (Å²) in [4.78, 5) is 19.4. The maximum Gasteiger partial charge on any atom is 0.272 e. The lowest BCUT2D eigenvalue weighted by Gasteiger charge is -2.33. The second-order valence-corrected chi connectivity index (χ2v) is 5.16. The van der Waals surface area contributed by atoms with E-state index in [1.54, 1.807) is 23.9 Å². The van der Waals surface area contributed by atoms with Gasteiger partial charge in [0, 0.05) is 31.1 Å². The van der Waals surface area contributed by atoms with Gasteiger partial charge in [-0.3, -0.25) is 9.20 Å². The number of aromatic nitrogens is 2. The highest BCUT2D eigenvalue weighted by molar-refractivity contribution is 7.15. The van der Waals surface area contributed by atoms with Gasteiger partial charge in [0.05, 0.1) is 6.20 Å². The maximum absolute atomic E-state index is 12.4. The molecule has 2 aromatic rings. The third-order valence-electron chi connectivity index (χ3n) is 3.14. The van der Waals surface area contributed by atoms with Crippen LogP contribution in [-0.4, -0.2) is 45.9 Å². The summed E-state index contributed by atoms with van der Waals surface area (Å²) in [7, 11) is 0. The van der Waals surface area contributed by atoms with E-state index in [4.69, 9.17) is 0 Å². The lowest BCUT2D eigenvalue weighted by Crippen LogP contribution is -2.52. The molecular weight excluding hydrogens is 236 g/mol. The Morgan fingerprint density at radius 1 is 1.65 bits per heavy atom. The lowest BCUT2D eigenvalue weighted by atomic mass is 10.2. The molecule has 3 heterocycles. The molecule has 1 fully saturated rings. The molecule has 1 amide bonds. The number of carbonyl (C=O) groups excluding carboxylic acids is 1. The van der Waals surface area contributed by atoms with E-state index in [-0.39, 0.29) is 11.9 Å². The molecule has 17 heavy (non-hydrogen) atoms. The predicted molar refractivity (Wildman–Crippen MR) is 66.4 cm³/mol. The zero-order valence-corrected chi connectivity index (χ0v) is 10.4. The number of fused-ring (bicyclic) bond motifs is 1. The number of thiazole rings is 1. The molecule has 0 saturated carbocycles. The highest BCUT2D eigenvalue weighted by Crippen LogP contribution is 2.18. The number of hydrogen-bond donors (Lipinski definition) is 1. The molecule has 1 aliphatic heterocycles. The SMILES string of the molecule is C[C@H]1CNCCN1C(=O)c1csc2cncn12. The smallest absolute Gasteiger partial charge is 0.272 e. The zero-order chi connectivity index (χ0) is 11.8. The molecule has 1 aliphatic rings. The first kappa shape index (κ1) is 10.7. The number of hydrogen-bond acceptors (Lipinski definition) is 4. The van der Waals surface area contributed by atoms with Crippen molar-refractivity contribution in [3.8, 4) is 0 Å². The molecule has 0 bridgehead atoms. The summed E-state index contributed by atoms with van der Waals surface area (Å²) >= 11 is 1.55. The van der Waals surface area contributed by atoms with Crippen molar-refractivity contribution in [2.45, 2.75) is 13.0 Å². The molecule has 0 unspecified atom stereocenters. The molecule has 3 rings (SSSR count). The number of nitrogens with one attached hydrogen (secondary N) is 1. The van der Waals surface area contributed by atoms with Crippen LogP contribution in [0.15, 0.2) is 17.9 Å². The number of imidazole rings is 1. The van der Waals surface area contributed by atoms with Gasteiger partial charge in [-0.25, -0.2) is 4.98 Å². The Hall–Kier alpha value is -1.40. The normalized spacial score (nSPS) is 21.0. The van der Waals surface area contributed by atoms with Gasteiger partial charge in [-0.05, 0) is 6.92 Å². The number of amides is 1. The van der Waals surface area contributed by atoms with Crippen LogP contribution in [0.4, 0.5) is 0 Å². The Morgan fingerprint density at radius 3 is 3.35 bits per heavy atom. The van der Waals surface area contributed by atoms with Crippen molar-refractivity contribution < 1.29 is 4.79 Å². The monoisotopic (exact) mass is 250 g/mol. The van der Waals surface area contributed by atoms with E-state index in [9.17, 15) is 4.79 Å². The van der Waals surface area contributed by atoms with E-state index in [0.717, 1.165) is 30.2 Å². The second-order valence-electron chi connectivity index (χ2n) is 4.27. The van der Waals surface area contributed by atoms with Crippen LogP contribution in [-0.2, 0) is 0 Å². The number of carbonyl (C=O) groups is 1. The van der Waals surface area contributed by atoms with Crippen LogP contribution < -0.4 is 5.32 Å². The molecule has 90 valence electrons. The van der Waals surface area contributed by atoms with Crippen LogP contribution in [0.25, 0.3) is 4.83 Å². The van der Waals surface area contributed by atoms with Crippen molar-refractivity contribution in [1.29, 1.82) is 0 Å². The molecule has 0 spiro atoms. The molecule has 1 saturated heterocycles. The van der Waals surface area contributed by atoms with Gasteiger partial charge in [0.1, 0.15) is 16.9 Å². The molecule has 0 aliphatic carbocycles. The molecule has 1 N–H and O–H groups in total. The standard InChI is InChI=1S/C11H14N4OS/c1-8-4-12-2-3-14(8)11(16)9-6-17-10-5-13-7-15(9)10/h5-8,12H,2-4H2,1H3/t8-/m0/s1. The molecule has 0 radical (unpaired) electrons. The lowest BCUT2D eigenvalue weighted by molar-refractivity contribution is 0.0649. The quantitative estimate of drug-likeness (QED) is 0.815. The van der Waals surface area contributed by atoms with Gasteiger partial charge in [0.25, 0.3) is 5.91 Å². The van der Waals surface area contributed by atoms with Gasteiger partial charge in [-0.1, -0.05) is 0 Å². The van der Waals surface area contributed by atoms with Gasteiger partial charge >= 0.3 is 0 Å². The first-order valence-corrected chi connectivity index (χ1v) is 6.56. The Morgan fingerprint density at radius 2 is 2.53 bits per heavy atom. The molecule has 1 atom stereocenters. The van der Waals surface area contributed by atoms with Crippen LogP contribution in [0.5, 0.6) is 0 Å². The van der Waals surface area contributed by atoms with E-state index >= 15 is 0 Å². The third kappa shape index (κ3) is 1.73. The minimum Gasteiger partial charge on any atom is -0.332 e. The Labute approximate surface area is 103 Å². The van der Waals surface area contributed by atoms with Gasteiger partial charge in [0.2, 0.25) is 0 Å². The number of rotatable bonds is 1. The highest BCUT2D eigenvalue weighted by atomic mass is 32.1. The zero-order valence-electron chi connectivity index (χ0n) is 9.59. The van der Waals surface area contributed by atoms with Crippen LogP contribution in [0.2, 0.25) is 0 Å². The summed E-state index contributed by atoms with van der Waals surface area (Å²) in [6.45, 7) is 4.57. The molecule has 6 heteroatoms. The summed E-state index contributed by atoms with van der Waals surface area (Å²) in [5.41, 5.74) is 0.719. The fraction of sp³-hybridized carbons (Fsp3) is 0.455. The van der Waals surface area contributed by atoms with E-state index in [0.29, 0.717) is 0 Å². The minimum absolute atomic E-state index is 0.100. The largest absolute Gasteiger partial charge is 0.332 e. The van der Waals surface area contributed by atoms with Crippen molar-refractivity contribution >= 4 is 22.1 Å². The summed E-state index contributed by atoms with van der Waals surface area (Å²) in [5.74, 6) is 0.100. The van der Waals surface area contributed by atoms with Gasteiger partial charge in [0.15, 0.2) is 0 Å². The first-order chi connectivity index (χ1) is 8.27. The van der Waals surface area contributed by atoms with Crippen molar-refractivity contribution in [3.05, 3.63) is 23.6 Å². The van der Waals surface area contributed by atoms with Crippen LogP contribution >= 0.6 is 11.3 Å². The van der Waals surface area contributed by atoms with Gasteiger partial charge < -0.3 is 10.2 Å². The average Bonchev–Trinajstić information content (AvgIpc) is 2.90. The van der Waals surface area contributed by atoms with Gasteiger partial charge in [-0.2, -0.15) is 0 Å². The summed E-state index contributed by atoms with van der Waals surface area (Å²) in [5, 5.41) is 5.20. The van der Waals surface area contributed by atoms with E-state index in [1.807, 2.05) is 14.7 Å². The van der Waals surface area contributed by atoms with E-state index in [2.05, 4.69) is 17.2 Å². The highest BCUT2D eigenvalue weighted by Gasteiger charge is 2.26. The van der Waals surface area contributed by atoms with Crippen LogP contribution in [0.3, 0.4) is 0 Å². The minimum atomic E-state index is 0.100. The van der Waals surface area contributed by atoms with Gasteiger partial charge in [-0.15, -0.1) is 11.3 Å². The Bertz CT molecular complexity index is 546. The summed E-state index contributed by atoms with van der Waals surface area (Å²) in [6, 6.07) is 0.245. The fourth-order valence-electron chi connectivity index (χ4n) is 2.17. The average molecular weight is 250 g/mol. The van der Waals surface area contributed by atoms with Crippen molar-refractivity contribution in [2.24, 2.45) is 0 Å². The summed E-state index contributed by atoms with van der Waals surface area (Å²) in [6.07, 6.45) is 3.48. The molecule has 0 aromatic carbocycles. The fourth-order valence-corrected chi connectivity index (χ4v) is 2.99. The van der Waals surface area contributed by atoms with Crippen molar-refractivity contribution in [1.82, 2.24) is 19.6 Å². The first-order valence-electron chi connectivity index (χ1n) is 5.68. The second kappa shape index (κ2) is 4.12.